The molecular weight excluding hydrogens is 463 g/mol. The normalized spacial score (nSPS) is 11.2. The summed E-state index contributed by atoms with van der Waals surface area (Å²) in [6.45, 7) is 10.6. The molecule has 0 fully saturated rings. The number of nitrogens with zero attached hydrogens (tertiary/aromatic N) is 2. The number of aromatic nitrogens is 1. The van der Waals surface area contributed by atoms with Crippen LogP contribution in [0.3, 0.4) is 0 Å². The van der Waals surface area contributed by atoms with Crippen LogP contribution in [0.1, 0.15) is 33.6 Å². The molecule has 0 aliphatic heterocycles. The molecule has 0 saturated heterocycles. The van der Waals surface area contributed by atoms with E-state index in [2.05, 4.69) is 67.8 Å². The second kappa shape index (κ2) is 11.0. The molecule has 1 heterocycles. The van der Waals surface area contributed by atoms with Gasteiger partial charge in [0.25, 0.3) is 0 Å². The number of hydrogen-bond donors (Lipinski definition) is 2. The highest BCUT2D eigenvalue weighted by atomic mass is 127. The number of thiazole rings is 1. The molecule has 0 aliphatic carbocycles. The van der Waals surface area contributed by atoms with Crippen molar-refractivity contribution < 1.29 is 0 Å². The van der Waals surface area contributed by atoms with E-state index in [1.807, 2.05) is 0 Å². The van der Waals surface area contributed by atoms with Gasteiger partial charge in [0, 0.05) is 16.3 Å². The van der Waals surface area contributed by atoms with E-state index in [-0.39, 0.29) is 24.0 Å². The number of rotatable bonds is 6. The lowest BCUT2D eigenvalue weighted by Gasteiger charge is -2.11. The third-order valence-corrected chi connectivity index (χ3v) is 5.57. The summed E-state index contributed by atoms with van der Waals surface area (Å²) in [4.78, 5) is 11.9. The summed E-state index contributed by atoms with van der Waals surface area (Å²) in [5.74, 6) is 0.829. The Morgan fingerprint density at radius 3 is 2.60 bits per heavy atom. The van der Waals surface area contributed by atoms with Crippen molar-refractivity contribution in [2.45, 2.75) is 45.7 Å². The highest BCUT2D eigenvalue weighted by Gasteiger charge is 2.06. The van der Waals surface area contributed by atoms with Crippen molar-refractivity contribution in [1.29, 1.82) is 0 Å². The van der Waals surface area contributed by atoms with Gasteiger partial charge < -0.3 is 10.6 Å². The minimum Gasteiger partial charge on any atom is -0.357 e. The van der Waals surface area contributed by atoms with Crippen molar-refractivity contribution in [2.24, 2.45) is 4.99 Å². The zero-order chi connectivity index (χ0) is 17.5. The number of aryl methyl sites for hydroxylation is 3. The first-order valence-corrected chi connectivity index (χ1v) is 10.2. The number of benzene rings is 1. The lowest BCUT2D eigenvalue weighted by atomic mass is 10.1. The molecule has 2 rings (SSSR count). The average molecular weight is 490 g/mol. The molecule has 2 N–H and O–H groups in total. The van der Waals surface area contributed by atoms with Crippen LogP contribution in [0.4, 0.5) is 0 Å². The molecule has 0 bridgehead atoms. The van der Waals surface area contributed by atoms with Crippen LogP contribution < -0.4 is 10.6 Å². The Morgan fingerprint density at radius 2 is 2.00 bits per heavy atom. The van der Waals surface area contributed by atoms with Crippen LogP contribution in [0.15, 0.2) is 28.1 Å². The summed E-state index contributed by atoms with van der Waals surface area (Å²) < 4.78 is 0. The van der Waals surface area contributed by atoms with E-state index in [1.54, 1.807) is 23.1 Å². The van der Waals surface area contributed by atoms with Gasteiger partial charge in [0.05, 0.1) is 18.8 Å². The summed E-state index contributed by atoms with van der Waals surface area (Å²) in [7, 11) is 0. The van der Waals surface area contributed by atoms with Crippen molar-refractivity contribution in [3.8, 4) is 0 Å². The minimum atomic E-state index is 0. The van der Waals surface area contributed by atoms with Gasteiger partial charge in [0.2, 0.25) is 0 Å². The minimum absolute atomic E-state index is 0. The maximum Gasteiger partial charge on any atom is 0.191 e. The standard InChI is InChI=1S/C18H26N4S2.HI/c1-6-19-18(21-11-17-22-13(3)14(4)24-17)20-10-15-8-7-12(2)9-16(15)23-5;/h7-9H,6,10-11H2,1-5H3,(H2,19,20,21);1H. The zero-order valence-electron chi connectivity index (χ0n) is 15.5. The Kier molecular flexibility index (Phi) is 9.81. The Morgan fingerprint density at radius 1 is 1.24 bits per heavy atom. The molecule has 0 aliphatic rings. The summed E-state index contributed by atoms with van der Waals surface area (Å²) in [5, 5.41) is 7.77. The first-order chi connectivity index (χ1) is 11.5. The van der Waals surface area contributed by atoms with Gasteiger partial charge in [-0.3, -0.25) is 0 Å². The maximum absolute atomic E-state index is 4.72. The molecule has 0 amide bonds. The molecule has 2 aromatic rings. The fourth-order valence-corrected chi connectivity index (χ4v) is 3.83. The predicted octanol–water partition coefficient (Wildman–Crippen LogP) is 4.66. The number of hydrogen-bond acceptors (Lipinski definition) is 4. The summed E-state index contributed by atoms with van der Waals surface area (Å²) in [5.41, 5.74) is 3.65. The summed E-state index contributed by atoms with van der Waals surface area (Å²) >= 11 is 3.51. The van der Waals surface area contributed by atoms with Crippen molar-refractivity contribution in [2.75, 3.05) is 12.8 Å². The highest BCUT2D eigenvalue weighted by Crippen LogP contribution is 2.22. The Bertz CT molecular complexity index is 694. The fourth-order valence-electron chi connectivity index (χ4n) is 2.26. The van der Waals surface area contributed by atoms with Crippen LogP contribution >= 0.6 is 47.1 Å². The molecule has 138 valence electrons. The molecule has 0 radical (unpaired) electrons. The Balaban J connectivity index is 0.00000312. The van der Waals surface area contributed by atoms with E-state index in [4.69, 9.17) is 4.99 Å². The zero-order valence-corrected chi connectivity index (χ0v) is 19.4. The quantitative estimate of drug-likeness (QED) is 0.268. The van der Waals surface area contributed by atoms with Crippen molar-refractivity contribution in [3.63, 3.8) is 0 Å². The summed E-state index contributed by atoms with van der Waals surface area (Å²) in [6.07, 6.45) is 2.11. The van der Waals surface area contributed by atoms with Gasteiger partial charge in [0.15, 0.2) is 5.96 Å². The fraction of sp³-hybridized carbons (Fsp3) is 0.444. The van der Waals surface area contributed by atoms with Crippen molar-refractivity contribution in [1.82, 2.24) is 15.6 Å². The van der Waals surface area contributed by atoms with E-state index in [0.717, 1.165) is 23.2 Å². The van der Waals surface area contributed by atoms with Crippen LogP contribution in [0.25, 0.3) is 0 Å². The number of thioether (sulfide) groups is 1. The van der Waals surface area contributed by atoms with Crippen LogP contribution in [0.2, 0.25) is 0 Å². The molecule has 4 nitrogen and oxygen atoms in total. The average Bonchev–Trinajstić information content (AvgIpc) is 2.89. The SMILES string of the molecule is CCNC(=NCc1ccc(C)cc1SC)NCc1nc(C)c(C)s1.I. The van der Waals surface area contributed by atoms with Gasteiger partial charge in [-0.2, -0.15) is 0 Å². The monoisotopic (exact) mass is 490 g/mol. The first-order valence-electron chi connectivity index (χ1n) is 8.12. The number of guanidine groups is 1. The first kappa shape index (κ1) is 22.2. The van der Waals surface area contributed by atoms with Crippen LogP contribution in [0, 0.1) is 20.8 Å². The van der Waals surface area contributed by atoms with E-state index in [0.29, 0.717) is 13.1 Å². The molecule has 0 atom stereocenters. The Hall–Kier alpha value is -0.800. The van der Waals surface area contributed by atoms with Gasteiger partial charge >= 0.3 is 0 Å². The third kappa shape index (κ3) is 6.79. The van der Waals surface area contributed by atoms with E-state index >= 15 is 0 Å². The number of nitrogens with one attached hydrogen (secondary N) is 2. The molecule has 1 aromatic heterocycles. The second-order valence-electron chi connectivity index (χ2n) is 5.61. The van der Waals surface area contributed by atoms with Gasteiger partial charge in [-0.1, -0.05) is 12.1 Å². The van der Waals surface area contributed by atoms with E-state index in [1.165, 1.54) is 20.9 Å². The molecular formula is C18H27IN4S2. The molecule has 0 unspecified atom stereocenters. The van der Waals surface area contributed by atoms with Crippen molar-refractivity contribution in [3.05, 3.63) is 44.9 Å². The van der Waals surface area contributed by atoms with E-state index < -0.39 is 0 Å². The van der Waals surface area contributed by atoms with Crippen LogP contribution in [0.5, 0.6) is 0 Å². The number of halogens is 1. The van der Waals surface area contributed by atoms with E-state index in [9.17, 15) is 0 Å². The summed E-state index contributed by atoms with van der Waals surface area (Å²) in [6, 6.07) is 6.53. The molecule has 0 spiro atoms. The van der Waals surface area contributed by atoms with Gasteiger partial charge in [-0.25, -0.2) is 9.98 Å². The number of aliphatic imine (C=N–C) groups is 1. The van der Waals surface area contributed by atoms with Gasteiger partial charge in [-0.15, -0.1) is 47.1 Å². The van der Waals surface area contributed by atoms with Crippen LogP contribution in [-0.4, -0.2) is 23.7 Å². The largest absolute Gasteiger partial charge is 0.357 e. The Labute approximate surface area is 176 Å². The van der Waals surface area contributed by atoms with Gasteiger partial charge in [0.1, 0.15) is 5.01 Å². The third-order valence-electron chi connectivity index (χ3n) is 3.67. The lowest BCUT2D eigenvalue weighted by Crippen LogP contribution is -2.36. The topological polar surface area (TPSA) is 49.3 Å². The van der Waals surface area contributed by atoms with Crippen LogP contribution in [-0.2, 0) is 13.1 Å². The predicted molar refractivity (Wildman–Crippen MR) is 122 cm³/mol. The molecule has 7 heteroatoms. The second-order valence-corrected chi connectivity index (χ2v) is 7.75. The lowest BCUT2D eigenvalue weighted by molar-refractivity contribution is 0.808. The smallest absolute Gasteiger partial charge is 0.191 e. The molecule has 0 saturated carbocycles. The molecule has 1 aromatic carbocycles. The van der Waals surface area contributed by atoms with Crippen molar-refractivity contribution >= 4 is 53.0 Å². The molecule has 25 heavy (non-hydrogen) atoms. The maximum atomic E-state index is 4.72. The highest BCUT2D eigenvalue weighted by molar-refractivity contribution is 14.0. The van der Waals surface area contributed by atoms with Gasteiger partial charge in [-0.05, 0) is 51.1 Å².